The molecule has 2 aromatic rings. The van der Waals surface area contributed by atoms with Gasteiger partial charge in [0, 0.05) is 12.1 Å². The van der Waals surface area contributed by atoms with Gasteiger partial charge in [0.1, 0.15) is 5.52 Å². The summed E-state index contributed by atoms with van der Waals surface area (Å²) in [5, 5.41) is 10.3. The normalized spacial score (nSPS) is 12.4. The van der Waals surface area contributed by atoms with Crippen LogP contribution in [-0.4, -0.2) is 48.7 Å². The first-order valence-corrected chi connectivity index (χ1v) is 9.67. The number of anilines is 1. The second-order valence-electron chi connectivity index (χ2n) is 8.02. The Balaban J connectivity index is 2.12. The van der Waals surface area contributed by atoms with Gasteiger partial charge in [-0.05, 0) is 60.0 Å². The highest BCUT2D eigenvalue weighted by atomic mass is 16.3. The zero-order chi connectivity index (χ0) is 19.3. The van der Waals surface area contributed by atoms with Crippen LogP contribution in [0.25, 0.3) is 11.2 Å². The van der Waals surface area contributed by atoms with Gasteiger partial charge < -0.3 is 15.7 Å². The molecule has 0 atom stereocenters. The molecular formula is C19H34N6O. The van der Waals surface area contributed by atoms with Gasteiger partial charge in [0.2, 0.25) is 5.95 Å². The number of nitrogens with zero attached hydrogens (tertiary/aromatic N) is 5. The molecule has 2 aromatic heterocycles. The fourth-order valence-electron chi connectivity index (χ4n) is 3.00. The second-order valence-corrected chi connectivity index (χ2v) is 8.02. The molecule has 7 nitrogen and oxygen atoms in total. The largest absolute Gasteiger partial charge is 0.480 e. The van der Waals surface area contributed by atoms with Crippen LogP contribution in [0.5, 0.6) is 6.01 Å². The number of fused-ring (bicyclic) bond motifs is 1. The molecule has 0 unspecified atom stereocenters. The van der Waals surface area contributed by atoms with Gasteiger partial charge in [0.25, 0.3) is 6.01 Å². The van der Waals surface area contributed by atoms with Gasteiger partial charge in [-0.2, -0.15) is 9.97 Å². The van der Waals surface area contributed by atoms with Crippen molar-refractivity contribution in [2.45, 2.75) is 78.3 Å². The number of aromatic nitrogens is 4. The van der Waals surface area contributed by atoms with E-state index in [0.717, 1.165) is 56.3 Å². The summed E-state index contributed by atoms with van der Waals surface area (Å²) in [6.45, 7) is 10.5. The van der Waals surface area contributed by atoms with Crippen molar-refractivity contribution in [3.05, 3.63) is 5.69 Å². The van der Waals surface area contributed by atoms with Gasteiger partial charge in [-0.1, -0.05) is 19.8 Å². The zero-order valence-electron chi connectivity index (χ0n) is 16.9. The molecule has 0 fully saturated rings. The van der Waals surface area contributed by atoms with Crippen molar-refractivity contribution in [1.29, 1.82) is 0 Å². The Hall–Kier alpha value is -1.89. The molecule has 0 radical (unpaired) electrons. The lowest BCUT2D eigenvalue weighted by atomic mass is 10.1. The van der Waals surface area contributed by atoms with E-state index in [0.29, 0.717) is 12.2 Å². The maximum atomic E-state index is 10.3. The summed E-state index contributed by atoms with van der Waals surface area (Å²) in [5.41, 5.74) is 8.21. The van der Waals surface area contributed by atoms with Crippen molar-refractivity contribution >= 4 is 17.1 Å². The lowest BCUT2D eigenvalue weighted by Crippen LogP contribution is -2.38. The number of hydrogen-bond acceptors (Lipinski definition) is 6. The highest BCUT2D eigenvalue weighted by Gasteiger charge is 2.18. The molecule has 0 saturated heterocycles. The summed E-state index contributed by atoms with van der Waals surface area (Å²) in [6, 6.07) is 0.000757. The van der Waals surface area contributed by atoms with Gasteiger partial charge in [0.05, 0.1) is 5.69 Å². The number of rotatable bonds is 9. The average molecular weight is 363 g/mol. The summed E-state index contributed by atoms with van der Waals surface area (Å²) in [4.78, 5) is 15.2. The van der Waals surface area contributed by atoms with Crippen LogP contribution in [0.3, 0.4) is 0 Å². The van der Waals surface area contributed by atoms with Crippen molar-refractivity contribution in [1.82, 2.24) is 24.4 Å². The molecule has 0 amide bonds. The predicted molar refractivity (Wildman–Crippen MR) is 106 cm³/mol. The van der Waals surface area contributed by atoms with Crippen molar-refractivity contribution in [2.75, 3.05) is 19.3 Å². The van der Waals surface area contributed by atoms with Crippen LogP contribution in [0.15, 0.2) is 0 Å². The van der Waals surface area contributed by atoms with Crippen LogP contribution in [0.4, 0.5) is 5.95 Å². The summed E-state index contributed by atoms with van der Waals surface area (Å²) < 4.78 is 1.84. The first-order valence-electron chi connectivity index (χ1n) is 9.67. The molecule has 0 aliphatic rings. The second kappa shape index (κ2) is 8.66. The van der Waals surface area contributed by atoms with E-state index >= 15 is 0 Å². The third kappa shape index (κ3) is 5.06. The van der Waals surface area contributed by atoms with E-state index in [9.17, 15) is 5.11 Å². The highest BCUT2D eigenvalue weighted by molar-refractivity contribution is 5.76. The Bertz CT molecular complexity index is 719. The molecule has 0 aliphatic carbocycles. The smallest absolute Gasteiger partial charge is 0.296 e. The minimum atomic E-state index is 0.000757. The summed E-state index contributed by atoms with van der Waals surface area (Å²) >= 11 is 0. The van der Waals surface area contributed by atoms with Crippen LogP contribution in [-0.2, 0) is 13.0 Å². The molecule has 0 aromatic carbocycles. The standard InChI is InChI=1S/C19H34N6O/c1-6-7-8-11-14-15-16(22-17(20)21-14)23-18(26)25(15)13-10-9-12-24(5)19(2,3)4/h6-13H2,1-5H3,(H3,20,21,22,23,26). The first-order chi connectivity index (χ1) is 12.2. The van der Waals surface area contributed by atoms with E-state index in [1.807, 2.05) is 4.57 Å². The molecule has 0 bridgehead atoms. The summed E-state index contributed by atoms with van der Waals surface area (Å²) in [5.74, 6) is 0.223. The summed E-state index contributed by atoms with van der Waals surface area (Å²) in [6.07, 6.45) is 6.17. The molecule has 26 heavy (non-hydrogen) atoms. The fourth-order valence-corrected chi connectivity index (χ4v) is 3.00. The molecule has 146 valence electrons. The van der Waals surface area contributed by atoms with E-state index in [2.05, 4.69) is 54.6 Å². The molecule has 2 rings (SSSR count). The van der Waals surface area contributed by atoms with Crippen LogP contribution in [0.2, 0.25) is 0 Å². The van der Waals surface area contributed by atoms with E-state index in [1.54, 1.807) is 0 Å². The Morgan fingerprint density at radius 2 is 1.81 bits per heavy atom. The van der Waals surface area contributed by atoms with Crippen molar-refractivity contribution in [2.24, 2.45) is 0 Å². The van der Waals surface area contributed by atoms with E-state index < -0.39 is 0 Å². The van der Waals surface area contributed by atoms with Gasteiger partial charge in [-0.15, -0.1) is 0 Å². The SMILES string of the molecule is CCCCCc1nc(N)nc2nc(O)n(CCCCN(C)C(C)(C)C)c12. The van der Waals surface area contributed by atoms with Crippen LogP contribution in [0.1, 0.15) is 65.5 Å². The zero-order valence-corrected chi connectivity index (χ0v) is 16.9. The number of hydrogen-bond donors (Lipinski definition) is 2. The highest BCUT2D eigenvalue weighted by Crippen LogP contribution is 2.24. The van der Waals surface area contributed by atoms with E-state index in [-0.39, 0.29) is 17.5 Å². The molecular weight excluding hydrogens is 328 g/mol. The molecule has 3 N–H and O–H groups in total. The number of nitrogen functional groups attached to an aromatic ring is 1. The molecule has 7 heteroatoms. The van der Waals surface area contributed by atoms with Gasteiger partial charge >= 0.3 is 0 Å². The number of aryl methyl sites for hydroxylation is 2. The Morgan fingerprint density at radius 3 is 2.46 bits per heavy atom. The number of unbranched alkanes of at least 4 members (excludes halogenated alkanes) is 3. The topological polar surface area (TPSA) is 93.1 Å². The van der Waals surface area contributed by atoms with Crippen LogP contribution < -0.4 is 5.73 Å². The summed E-state index contributed by atoms with van der Waals surface area (Å²) in [7, 11) is 2.15. The van der Waals surface area contributed by atoms with Crippen molar-refractivity contribution in [3.63, 3.8) is 0 Å². The molecule has 0 saturated carbocycles. The Morgan fingerprint density at radius 1 is 1.08 bits per heavy atom. The van der Waals surface area contributed by atoms with Gasteiger partial charge in [-0.3, -0.25) is 4.57 Å². The fraction of sp³-hybridized carbons (Fsp3) is 0.737. The van der Waals surface area contributed by atoms with E-state index in [1.165, 1.54) is 0 Å². The first kappa shape index (κ1) is 20.4. The average Bonchev–Trinajstić information content (AvgIpc) is 2.85. The van der Waals surface area contributed by atoms with Gasteiger partial charge in [0.15, 0.2) is 5.65 Å². The lowest BCUT2D eigenvalue weighted by Gasteiger charge is -2.31. The monoisotopic (exact) mass is 362 g/mol. The molecule has 2 heterocycles. The minimum Gasteiger partial charge on any atom is -0.480 e. The maximum absolute atomic E-state index is 10.3. The Kier molecular flexibility index (Phi) is 6.81. The quantitative estimate of drug-likeness (QED) is 0.665. The number of nitrogens with two attached hydrogens (primary N) is 1. The number of aromatic hydroxyl groups is 1. The predicted octanol–water partition coefficient (Wildman–Crippen LogP) is 3.36. The van der Waals surface area contributed by atoms with E-state index in [4.69, 9.17) is 5.73 Å². The van der Waals surface area contributed by atoms with Crippen molar-refractivity contribution in [3.8, 4) is 6.01 Å². The molecule has 0 spiro atoms. The number of imidazole rings is 1. The van der Waals surface area contributed by atoms with Crippen LogP contribution >= 0.6 is 0 Å². The minimum absolute atomic E-state index is 0.000757. The maximum Gasteiger partial charge on any atom is 0.296 e. The lowest BCUT2D eigenvalue weighted by molar-refractivity contribution is 0.172. The third-order valence-corrected chi connectivity index (χ3v) is 4.96. The third-order valence-electron chi connectivity index (χ3n) is 4.96. The Labute approximate surface area is 156 Å². The molecule has 0 aliphatic heterocycles. The van der Waals surface area contributed by atoms with Gasteiger partial charge in [-0.25, -0.2) is 4.98 Å². The van der Waals surface area contributed by atoms with Crippen LogP contribution in [0, 0.1) is 0 Å². The van der Waals surface area contributed by atoms with Crippen molar-refractivity contribution < 1.29 is 5.11 Å².